The van der Waals surface area contributed by atoms with Crippen LogP contribution in [-0.4, -0.2) is 135 Å². The molecular weight excluding hydrogens is 1120 g/mol. The largest absolute Gasteiger partial charge is 1.00 e. The van der Waals surface area contributed by atoms with Crippen molar-refractivity contribution >= 4 is 97.0 Å². The van der Waals surface area contributed by atoms with Crippen molar-refractivity contribution in [2.45, 2.75) is 137 Å². The van der Waals surface area contributed by atoms with Gasteiger partial charge in [0.05, 0.1) is 36.5 Å². The van der Waals surface area contributed by atoms with E-state index in [1.165, 1.54) is 49.1 Å². The van der Waals surface area contributed by atoms with Crippen LogP contribution in [0.2, 0.25) is 10.0 Å². The van der Waals surface area contributed by atoms with Crippen LogP contribution in [0.15, 0.2) is 97.1 Å². The quantitative estimate of drug-likeness (QED) is 0.0253. The predicted octanol–water partition coefficient (Wildman–Crippen LogP) is 8.66. The number of nitrogens with one attached hydrogen (secondary N) is 1. The molecule has 0 spiro atoms. The Morgan fingerprint density at radius 2 is 1.12 bits per heavy atom. The van der Waals surface area contributed by atoms with Crippen LogP contribution in [0.25, 0.3) is 0 Å². The number of aliphatic hydroxyl groups excluding tert-OH is 2. The van der Waals surface area contributed by atoms with Crippen molar-refractivity contribution in [3.63, 3.8) is 0 Å². The summed E-state index contributed by atoms with van der Waals surface area (Å²) in [5.41, 5.74) is 0.814. The second kappa shape index (κ2) is 33.3. The summed E-state index contributed by atoms with van der Waals surface area (Å²) in [7, 11) is 0. The fourth-order valence-corrected chi connectivity index (χ4v) is 10.6. The van der Waals surface area contributed by atoms with E-state index in [1.54, 1.807) is 0 Å². The molecule has 4 atom stereocenters. The van der Waals surface area contributed by atoms with E-state index in [9.17, 15) is 36.6 Å². The summed E-state index contributed by atoms with van der Waals surface area (Å²) in [6, 6.07) is 26.2. The zero-order chi connectivity index (χ0) is 51.5. The van der Waals surface area contributed by atoms with Gasteiger partial charge in [-0.3, -0.25) is 9.69 Å². The molecule has 4 fully saturated rings. The Morgan fingerprint density at radius 1 is 0.685 bits per heavy atom. The molecule has 1 radical (unpaired) electrons. The van der Waals surface area contributed by atoms with Crippen molar-refractivity contribution in [3.8, 4) is 11.5 Å². The smallest absolute Gasteiger partial charge is 0.662 e. The number of alkyl halides is 7. The monoisotopic (exact) mass is 1180 g/mol. The van der Waals surface area contributed by atoms with Crippen molar-refractivity contribution in [2.24, 2.45) is 0 Å². The minimum absolute atomic E-state index is 0. The topological polar surface area (TPSA) is 124 Å². The first-order chi connectivity index (χ1) is 33.9. The first kappa shape index (κ1) is 66.9. The van der Waals surface area contributed by atoms with Crippen LogP contribution >= 0.6 is 39.1 Å². The molecule has 8 rings (SSSR count). The number of hydrogen-bond donors (Lipinski definition) is 3. The Balaban J connectivity index is 0.000000298. The third kappa shape index (κ3) is 20.7. The van der Waals surface area contributed by atoms with E-state index in [0.29, 0.717) is 53.7 Å². The summed E-state index contributed by atoms with van der Waals surface area (Å²) in [6.07, 6.45) is 5.59. The molecule has 4 aromatic rings. The summed E-state index contributed by atoms with van der Waals surface area (Å²) in [4.78, 5) is 13.6. The maximum atomic E-state index is 12.7. The Kier molecular flexibility index (Phi) is 30.5. The standard InChI is InChI=1S/C26H31ClF3NO2.C14H18F3NO.C12H14BrClO.CH2O3.2K/c27-21-9-5-19(6-10-21)25(14-3-15-25)24(32)18-31-16-2-1-4-22(31)13-17-33-23-11-7-20(8-12-23)26(28,29)30;15-14(16,17)11-4-6-13(7-5-11)19-10-8-12-3-1-2-9-18-12;13-8-11(15)12(6-1-7-12)9-2-4-10(14)5-3-9;2-1-4-3;;/h5-12,22,24,32H,1-4,13-18H2;4-7,12,18H,1-3,8-10H2;2-5,11,15H,1,6-8H2;1,3H;;/q;;;;;+1/p-1/t22?,24-;;11-;;;/m1.1.../s1. The fourth-order valence-electron chi connectivity index (χ4n) is 9.76. The molecule has 4 aromatic carbocycles. The Bertz CT molecular complexity index is 2160. The van der Waals surface area contributed by atoms with Gasteiger partial charge in [-0.25, -0.2) is 0 Å². The zero-order valence-electron chi connectivity index (χ0n) is 41.6. The van der Waals surface area contributed by atoms with Gasteiger partial charge in [-0.05, 0) is 161 Å². The third-order valence-electron chi connectivity index (χ3n) is 14.2. The van der Waals surface area contributed by atoms with Crippen LogP contribution in [0.3, 0.4) is 0 Å². The van der Waals surface area contributed by atoms with Gasteiger partial charge < -0.3 is 35.1 Å². The van der Waals surface area contributed by atoms with Crippen molar-refractivity contribution in [2.75, 3.05) is 38.2 Å². The molecule has 4 aliphatic rings. The minimum Gasteiger partial charge on any atom is -0.662 e. The van der Waals surface area contributed by atoms with Gasteiger partial charge >= 0.3 is 63.7 Å². The zero-order valence-corrected chi connectivity index (χ0v) is 50.9. The van der Waals surface area contributed by atoms with E-state index in [2.05, 4.69) is 31.0 Å². The molecular formula is C53H64BrCl2F6K2N2O7. The number of β-amino-alcohol motifs (C(OH)–C–C–N with tert-alkyl or cyclic N) is 1. The maximum absolute atomic E-state index is 12.7. The Labute approximate surface area is 529 Å². The van der Waals surface area contributed by atoms with Crippen LogP contribution in [0.4, 0.5) is 26.3 Å². The average molecular weight is 1180 g/mol. The molecule has 3 N–H and O–H groups in total. The molecule has 0 amide bonds. The number of rotatable bonds is 16. The van der Waals surface area contributed by atoms with Crippen molar-refractivity contribution in [3.05, 3.63) is 129 Å². The predicted molar refractivity (Wildman–Crippen MR) is 271 cm³/mol. The number of likely N-dealkylation sites (tertiary alicyclic amines) is 1. The first-order valence-electron chi connectivity index (χ1n) is 24.2. The summed E-state index contributed by atoms with van der Waals surface area (Å²) in [5, 5.41) is 35.3. The van der Waals surface area contributed by atoms with E-state index in [0.717, 1.165) is 119 Å². The Morgan fingerprint density at radius 3 is 1.51 bits per heavy atom. The summed E-state index contributed by atoms with van der Waals surface area (Å²) in [5.74, 6) is 0.936. The molecule has 73 heavy (non-hydrogen) atoms. The van der Waals surface area contributed by atoms with Crippen LogP contribution in [0.5, 0.6) is 11.5 Å². The number of carbonyl (C=O) groups excluding carboxylic acids is 1. The van der Waals surface area contributed by atoms with Gasteiger partial charge in [0.15, 0.2) is 0 Å². The van der Waals surface area contributed by atoms with Crippen LogP contribution in [0, 0.1) is 0 Å². The Hall–Kier alpha value is -0.337. The fraction of sp³-hybridized carbons (Fsp3) is 0.528. The molecule has 2 heterocycles. The van der Waals surface area contributed by atoms with E-state index < -0.39 is 29.6 Å². The van der Waals surface area contributed by atoms with Crippen LogP contribution in [0.1, 0.15) is 112 Å². The molecule has 2 aliphatic heterocycles. The first-order valence-corrected chi connectivity index (χ1v) is 26.1. The van der Waals surface area contributed by atoms with Crippen molar-refractivity contribution in [1.29, 1.82) is 0 Å². The van der Waals surface area contributed by atoms with Gasteiger partial charge in [0.1, 0.15) is 11.5 Å². The molecule has 0 bridgehead atoms. The second-order valence-corrected chi connectivity index (χ2v) is 20.0. The number of piperidine rings is 2. The van der Waals surface area contributed by atoms with Crippen molar-refractivity contribution in [1.82, 2.24) is 10.2 Å². The molecule has 393 valence electrons. The number of aliphatic hydroxyl groups is 2. The molecule has 2 unspecified atom stereocenters. The van der Waals surface area contributed by atoms with Gasteiger partial charge in [-0.15, -0.1) is 0 Å². The summed E-state index contributed by atoms with van der Waals surface area (Å²) in [6.45, 7) is 3.39. The number of halogens is 9. The molecule has 2 saturated heterocycles. The van der Waals surface area contributed by atoms with E-state index in [4.69, 9.17) is 42.7 Å². The van der Waals surface area contributed by atoms with E-state index >= 15 is 0 Å². The van der Waals surface area contributed by atoms with Gasteiger partial charge in [0.25, 0.3) is 6.47 Å². The summed E-state index contributed by atoms with van der Waals surface area (Å²) >= 11 is 15.3. The summed E-state index contributed by atoms with van der Waals surface area (Å²) < 4.78 is 86.5. The van der Waals surface area contributed by atoms with Crippen LogP contribution < -0.4 is 71.4 Å². The van der Waals surface area contributed by atoms with E-state index in [1.807, 2.05) is 48.5 Å². The number of nitrogens with zero attached hydrogens (tertiary/aromatic N) is 1. The van der Waals surface area contributed by atoms with Crippen molar-refractivity contribution < 1.29 is 112 Å². The molecule has 2 aliphatic carbocycles. The average Bonchev–Trinajstić information content (AvgIpc) is 3.33. The normalized spacial score (nSPS) is 19.7. The SMILES string of the molecule is FC(F)(F)c1ccc(OCCC2CCCCN2)cc1.O=CO[O-].O[C@H](CBr)C1(c2ccc(Cl)cc2)CCC1.O[C@H](CN1CCCCC1CCOc1ccc(C(F)(F)F)cc1)C1(c2ccc(Cl)cc2)CCC1.[K+].[K]. The van der Waals surface area contributed by atoms with Gasteiger partial charge in [-0.1, -0.05) is 89.1 Å². The number of benzene rings is 4. The second-order valence-electron chi connectivity index (χ2n) is 18.5. The number of carbonyl (C=O) groups is 1. The van der Waals surface area contributed by atoms with Gasteiger partial charge in [0.2, 0.25) is 0 Å². The number of ether oxygens (including phenoxy) is 2. The maximum Gasteiger partial charge on any atom is 1.00 e. The molecule has 2 saturated carbocycles. The minimum atomic E-state index is -4.34. The van der Waals surface area contributed by atoms with E-state index in [-0.39, 0.29) is 126 Å². The molecule has 0 aromatic heterocycles. The van der Waals surface area contributed by atoms with Gasteiger partial charge in [-0.2, -0.15) is 26.3 Å². The van der Waals surface area contributed by atoms with Crippen LogP contribution in [-0.2, 0) is 32.9 Å². The molecule has 9 nitrogen and oxygen atoms in total. The van der Waals surface area contributed by atoms with Gasteiger partial charge in [0, 0.05) is 96.2 Å². The third-order valence-corrected chi connectivity index (χ3v) is 15.3. The molecule has 20 heteroatoms. The number of hydrogen-bond acceptors (Lipinski definition) is 9.